The van der Waals surface area contributed by atoms with Crippen molar-refractivity contribution in [1.29, 1.82) is 0 Å². The molecule has 0 saturated carbocycles. The molecule has 0 spiro atoms. The summed E-state index contributed by atoms with van der Waals surface area (Å²) in [5, 5.41) is 2.91. The van der Waals surface area contributed by atoms with Crippen LogP contribution in [0.3, 0.4) is 0 Å². The van der Waals surface area contributed by atoms with E-state index in [9.17, 15) is 4.79 Å². The molecule has 0 aliphatic rings. The first-order valence-corrected chi connectivity index (χ1v) is 4.60. The SMILES string of the molecule is CC[C@@H](C)NC(=O)c1ccccc1. The first kappa shape index (κ1) is 9.78. The van der Waals surface area contributed by atoms with Crippen molar-refractivity contribution in [2.75, 3.05) is 0 Å². The summed E-state index contributed by atoms with van der Waals surface area (Å²) in [6.07, 6.45) is 0.957. The second-order valence-electron chi connectivity index (χ2n) is 3.15. The molecule has 0 heterocycles. The Morgan fingerprint density at radius 2 is 2.00 bits per heavy atom. The van der Waals surface area contributed by atoms with Crippen molar-refractivity contribution in [2.24, 2.45) is 0 Å². The molecule has 1 aromatic carbocycles. The molecule has 70 valence electrons. The van der Waals surface area contributed by atoms with Crippen LogP contribution in [0.15, 0.2) is 30.3 Å². The summed E-state index contributed by atoms with van der Waals surface area (Å²) in [5.74, 6) is 0.00921. The molecule has 1 amide bonds. The second-order valence-corrected chi connectivity index (χ2v) is 3.15. The minimum atomic E-state index is 0.00921. The molecule has 0 radical (unpaired) electrons. The van der Waals surface area contributed by atoms with E-state index in [1.54, 1.807) is 0 Å². The smallest absolute Gasteiger partial charge is 0.251 e. The van der Waals surface area contributed by atoms with Crippen molar-refractivity contribution < 1.29 is 4.79 Å². The fourth-order valence-corrected chi connectivity index (χ4v) is 0.999. The molecule has 1 N–H and O–H groups in total. The van der Waals surface area contributed by atoms with Crippen LogP contribution in [0.25, 0.3) is 0 Å². The highest BCUT2D eigenvalue weighted by Gasteiger charge is 2.06. The summed E-state index contributed by atoms with van der Waals surface area (Å²) in [7, 11) is 0. The van der Waals surface area contributed by atoms with Gasteiger partial charge in [-0.05, 0) is 25.5 Å². The van der Waals surface area contributed by atoms with E-state index in [0.29, 0.717) is 0 Å². The molecule has 0 fully saturated rings. The molecule has 0 aliphatic heterocycles. The van der Waals surface area contributed by atoms with Gasteiger partial charge in [0.25, 0.3) is 5.91 Å². The van der Waals surface area contributed by atoms with Gasteiger partial charge in [-0.2, -0.15) is 0 Å². The third-order valence-corrected chi connectivity index (χ3v) is 2.03. The Kier molecular flexibility index (Phi) is 3.50. The molecular weight excluding hydrogens is 162 g/mol. The standard InChI is InChI=1S/C11H15NO/c1-3-9(2)12-11(13)10-7-5-4-6-8-10/h4-9H,3H2,1-2H3,(H,12,13)/t9-/m1/s1. The molecule has 1 atom stereocenters. The Bertz CT molecular complexity index is 269. The lowest BCUT2D eigenvalue weighted by molar-refractivity contribution is 0.0939. The van der Waals surface area contributed by atoms with E-state index in [4.69, 9.17) is 0 Å². The molecule has 1 aromatic rings. The van der Waals surface area contributed by atoms with Gasteiger partial charge in [0.2, 0.25) is 0 Å². The van der Waals surface area contributed by atoms with Crippen LogP contribution in [-0.4, -0.2) is 11.9 Å². The zero-order valence-corrected chi connectivity index (χ0v) is 8.08. The topological polar surface area (TPSA) is 29.1 Å². The number of carbonyl (C=O) groups excluding carboxylic acids is 1. The molecule has 2 heteroatoms. The maximum Gasteiger partial charge on any atom is 0.251 e. The van der Waals surface area contributed by atoms with Crippen molar-refractivity contribution >= 4 is 5.91 Å². The third kappa shape index (κ3) is 2.90. The van der Waals surface area contributed by atoms with Gasteiger partial charge < -0.3 is 5.32 Å². The molecule has 0 unspecified atom stereocenters. The normalized spacial score (nSPS) is 12.2. The van der Waals surface area contributed by atoms with Gasteiger partial charge in [0.1, 0.15) is 0 Å². The first-order chi connectivity index (χ1) is 6.24. The predicted molar refractivity (Wildman–Crippen MR) is 53.7 cm³/mol. The van der Waals surface area contributed by atoms with Gasteiger partial charge in [0, 0.05) is 11.6 Å². The number of hydrogen-bond acceptors (Lipinski definition) is 1. The molecule has 0 saturated heterocycles. The van der Waals surface area contributed by atoms with Crippen LogP contribution in [0, 0.1) is 0 Å². The quantitative estimate of drug-likeness (QED) is 0.753. The first-order valence-electron chi connectivity index (χ1n) is 4.60. The number of benzene rings is 1. The Labute approximate surface area is 79.0 Å². The third-order valence-electron chi connectivity index (χ3n) is 2.03. The van der Waals surface area contributed by atoms with Crippen LogP contribution in [0.4, 0.5) is 0 Å². The Morgan fingerprint density at radius 1 is 1.38 bits per heavy atom. The number of rotatable bonds is 3. The minimum Gasteiger partial charge on any atom is -0.350 e. The average molecular weight is 177 g/mol. The molecule has 0 bridgehead atoms. The Balaban J connectivity index is 2.59. The minimum absolute atomic E-state index is 0.00921. The number of hydrogen-bond donors (Lipinski definition) is 1. The van der Waals surface area contributed by atoms with Crippen LogP contribution in [0.1, 0.15) is 30.6 Å². The molecule has 2 nitrogen and oxygen atoms in total. The lowest BCUT2D eigenvalue weighted by Crippen LogP contribution is -2.31. The molecule has 13 heavy (non-hydrogen) atoms. The summed E-state index contributed by atoms with van der Waals surface area (Å²) >= 11 is 0. The summed E-state index contributed by atoms with van der Waals surface area (Å²) < 4.78 is 0. The maximum atomic E-state index is 11.5. The predicted octanol–water partition coefficient (Wildman–Crippen LogP) is 2.21. The van der Waals surface area contributed by atoms with Gasteiger partial charge >= 0.3 is 0 Å². The highest BCUT2D eigenvalue weighted by molar-refractivity contribution is 5.94. The van der Waals surface area contributed by atoms with Crippen LogP contribution >= 0.6 is 0 Å². The maximum absolute atomic E-state index is 11.5. The van der Waals surface area contributed by atoms with E-state index >= 15 is 0 Å². The van der Waals surface area contributed by atoms with Crippen molar-refractivity contribution in [1.82, 2.24) is 5.32 Å². The van der Waals surface area contributed by atoms with Crippen LogP contribution < -0.4 is 5.32 Å². The number of amides is 1. The molecule has 0 aliphatic carbocycles. The lowest BCUT2D eigenvalue weighted by Gasteiger charge is -2.10. The van der Waals surface area contributed by atoms with Crippen molar-refractivity contribution in [3.05, 3.63) is 35.9 Å². The summed E-state index contributed by atoms with van der Waals surface area (Å²) in [4.78, 5) is 11.5. The summed E-state index contributed by atoms with van der Waals surface area (Å²) in [6, 6.07) is 9.51. The monoisotopic (exact) mass is 177 g/mol. The lowest BCUT2D eigenvalue weighted by atomic mass is 10.2. The van der Waals surface area contributed by atoms with E-state index in [1.165, 1.54) is 0 Å². The van der Waals surface area contributed by atoms with E-state index in [0.717, 1.165) is 12.0 Å². The summed E-state index contributed by atoms with van der Waals surface area (Å²) in [6.45, 7) is 4.05. The van der Waals surface area contributed by atoms with Crippen LogP contribution in [0.2, 0.25) is 0 Å². The van der Waals surface area contributed by atoms with Gasteiger partial charge in [0.05, 0.1) is 0 Å². The van der Waals surface area contributed by atoms with E-state index < -0.39 is 0 Å². The highest BCUT2D eigenvalue weighted by atomic mass is 16.1. The Morgan fingerprint density at radius 3 is 2.54 bits per heavy atom. The Hall–Kier alpha value is -1.31. The largest absolute Gasteiger partial charge is 0.350 e. The zero-order valence-electron chi connectivity index (χ0n) is 8.08. The van der Waals surface area contributed by atoms with E-state index in [1.807, 2.05) is 37.3 Å². The molecule has 1 rings (SSSR count). The van der Waals surface area contributed by atoms with E-state index in [-0.39, 0.29) is 11.9 Å². The average Bonchev–Trinajstić information content (AvgIpc) is 2.19. The fraction of sp³-hybridized carbons (Fsp3) is 0.364. The van der Waals surface area contributed by atoms with Gasteiger partial charge in [-0.15, -0.1) is 0 Å². The van der Waals surface area contributed by atoms with Crippen molar-refractivity contribution in [3.8, 4) is 0 Å². The number of carbonyl (C=O) groups is 1. The van der Waals surface area contributed by atoms with Crippen molar-refractivity contribution in [3.63, 3.8) is 0 Å². The molecular formula is C11H15NO. The van der Waals surface area contributed by atoms with Gasteiger partial charge in [-0.1, -0.05) is 25.1 Å². The van der Waals surface area contributed by atoms with Gasteiger partial charge in [0.15, 0.2) is 0 Å². The van der Waals surface area contributed by atoms with Gasteiger partial charge in [-0.25, -0.2) is 0 Å². The number of nitrogens with one attached hydrogen (secondary N) is 1. The summed E-state index contributed by atoms with van der Waals surface area (Å²) in [5.41, 5.74) is 0.725. The van der Waals surface area contributed by atoms with Gasteiger partial charge in [-0.3, -0.25) is 4.79 Å². The second kappa shape index (κ2) is 4.65. The zero-order chi connectivity index (χ0) is 9.68. The van der Waals surface area contributed by atoms with Crippen LogP contribution in [-0.2, 0) is 0 Å². The fourth-order valence-electron chi connectivity index (χ4n) is 0.999. The van der Waals surface area contributed by atoms with E-state index in [2.05, 4.69) is 12.2 Å². The highest BCUT2D eigenvalue weighted by Crippen LogP contribution is 1.99. The molecule has 0 aromatic heterocycles. The van der Waals surface area contributed by atoms with Crippen LogP contribution in [0.5, 0.6) is 0 Å². The van der Waals surface area contributed by atoms with Crippen molar-refractivity contribution in [2.45, 2.75) is 26.3 Å².